The van der Waals surface area contributed by atoms with E-state index >= 15 is 4.39 Å². The Labute approximate surface area is 250 Å². The molecule has 0 saturated carbocycles. The van der Waals surface area contributed by atoms with E-state index in [1.54, 1.807) is 40.4 Å². The molecule has 10 heteroatoms. The van der Waals surface area contributed by atoms with Gasteiger partial charge in [-0.3, -0.25) is 14.4 Å². The fourth-order valence-corrected chi connectivity index (χ4v) is 5.76. The number of hydrogen-bond donors (Lipinski definition) is 1. The SMILES string of the molecule is C=CCN1CC(=O)N2[C@@H](Cc3ccc(O)cc3)C(=O)N(Cc3ccc(OC)cc3F)C[C@@H]2N1C(=O)CCc1ccccc1. The van der Waals surface area contributed by atoms with E-state index < -0.39 is 18.0 Å². The minimum Gasteiger partial charge on any atom is -0.508 e. The molecule has 0 aliphatic carbocycles. The minimum atomic E-state index is -0.938. The highest BCUT2D eigenvalue weighted by atomic mass is 19.1. The Morgan fingerprint density at radius 1 is 1.07 bits per heavy atom. The average Bonchev–Trinajstić information content (AvgIpc) is 3.00. The smallest absolute Gasteiger partial charge is 0.246 e. The Balaban J connectivity index is 1.50. The Bertz CT molecular complexity index is 1480. The lowest BCUT2D eigenvalue weighted by Gasteiger charge is -2.55. The zero-order chi connectivity index (χ0) is 30.5. The van der Waals surface area contributed by atoms with Gasteiger partial charge in [-0.1, -0.05) is 54.6 Å². The Morgan fingerprint density at radius 3 is 2.49 bits per heavy atom. The van der Waals surface area contributed by atoms with Gasteiger partial charge in [0.05, 0.1) is 20.2 Å². The molecular weight excluding hydrogens is 551 g/mol. The van der Waals surface area contributed by atoms with Gasteiger partial charge >= 0.3 is 0 Å². The summed E-state index contributed by atoms with van der Waals surface area (Å²) in [7, 11) is 1.45. The number of benzene rings is 3. The molecule has 3 aromatic carbocycles. The quantitative estimate of drug-likeness (QED) is 0.366. The second-order valence-electron chi connectivity index (χ2n) is 10.7. The van der Waals surface area contributed by atoms with Crippen molar-refractivity contribution in [2.45, 2.75) is 38.0 Å². The van der Waals surface area contributed by atoms with Crippen LogP contribution in [0.1, 0.15) is 23.1 Å². The van der Waals surface area contributed by atoms with Crippen LogP contribution in [-0.4, -0.2) is 81.6 Å². The van der Waals surface area contributed by atoms with Crippen LogP contribution in [0, 0.1) is 5.82 Å². The number of carbonyl (C=O) groups is 3. The van der Waals surface area contributed by atoms with E-state index in [4.69, 9.17) is 4.74 Å². The molecular formula is C33H35FN4O5. The highest BCUT2D eigenvalue weighted by Gasteiger charge is 2.51. The molecule has 2 saturated heterocycles. The highest BCUT2D eigenvalue weighted by molar-refractivity contribution is 5.92. The molecule has 2 aliphatic heterocycles. The van der Waals surface area contributed by atoms with Crippen molar-refractivity contribution < 1.29 is 28.6 Å². The molecule has 0 aromatic heterocycles. The van der Waals surface area contributed by atoms with E-state index in [1.165, 1.54) is 35.1 Å². The molecule has 224 valence electrons. The minimum absolute atomic E-state index is 0.00679. The van der Waals surface area contributed by atoms with Crippen LogP contribution in [0.4, 0.5) is 4.39 Å². The molecule has 2 fully saturated rings. The molecule has 9 nitrogen and oxygen atoms in total. The van der Waals surface area contributed by atoms with Crippen LogP contribution in [0.3, 0.4) is 0 Å². The lowest BCUT2D eigenvalue weighted by molar-refractivity contribution is -0.205. The van der Waals surface area contributed by atoms with E-state index in [9.17, 15) is 19.5 Å². The number of phenolic OH excluding ortho intramolecular Hbond substituents is 1. The normalized spacial score (nSPS) is 18.9. The number of rotatable bonds is 10. The molecule has 0 bridgehead atoms. The van der Waals surface area contributed by atoms with Gasteiger partial charge in [0.1, 0.15) is 29.5 Å². The highest BCUT2D eigenvalue weighted by Crippen LogP contribution is 2.31. The number of nitrogens with zero attached hydrogens (tertiary/aromatic N) is 4. The lowest BCUT2D eigenvalue weighted by Crippen LogP contribution is -2.75. The monoisotopic (exact) mass is 586 g/mol. The summed E-state index contributed by atoms with van der Waals surface area (Å²) in [5, 5.41) is 13.0. The largest absolute Gasteiger partial charge is 0.508 e. The van der Waals surface area contributed by atoms with Crippen molar-refractivity contribution in [1.82, 2.24) is 19.8 Å². The molecule has 3 amide bonds. The number of hydrogen-bond acceptors (Lipinski definition) is 6. The van der Waals surface area contributed by atoms with Crippen molar-refractivity contribution in [2.24, 2.45) is 0 Å². The average molecular weight is 587 g/mol. The fourth-order valence-electron chi connectivity index (χ4n) is 5.76. The summed E-state index contributed by atoms with van der Waals surface area (Å²) in [6, 6.07) is 19.6. The first kappa shape index (κ1) is 29.8. The summed E-state index contributed by atoms with van der Waals surface area (Å²) in [6.07, 6.45) is 1.70. The number of amides is 3. The predicted molar refractivity (Wildman–Crippen MR) is 158 cm³/mol. The third kappa shape index (κ3) is 6.54. The molecule has 1 N–H and O–H groups in total. The molecule has 3 aromatic rings. The number of methoxy groups -OCH3 is 1. The van der Waals surface area contributed by atoms with E-state index in [1.807, 2.05) is 30.3 Å². The van der Waals surface area contributed by atoms with Gasteiger partial charge in [0.2, 0.25) is 17.7 Å². The third-order valence-electron chi connectivity index (χ3n) is 7.88. The first-order valence-corrected chi connectivity index (χ1v) is 14.2. The Kier molecular flexibility index (Phi) is 9.06. The maximum atomic E-state index is 15.0. The maximum Gasteiger partial charge on any atom is 0.246 e. The molecule has 43 heavy (non-hydrogen) atoms. The number of piperazine rings is 1. The van der Waals surface area contributed by atoms with Crippen molar-refractivity contribution in [2.75, 3.05) is 26.7 Å². The van der Waals surface area contributed by atoms with Crippen molar-refractivity contribution in [1.29, 1.82) is 0 Å². The van der Waals surface area contributed by atoms with Crippen molar-refractivity contribution >= 4 is 17.7 Å². The van der Waals surface area contributed by atoms with E-state index in [-0.39, 0.29) is 68.1 Å². The summed E-state index contributed by atoms with van der Waals surface area (Å²) >= 11 is 0. The summed E-state index contributed by atoms with van der Waals surface area (Å²) in [4.78, 5) is 44.6. The van der Waals surface area contributed by atoms with E-state index in [0.717, 1.165) is 11.1 Å². The summed E-state index contributed by atoms with van der Waals surface area (Å²) < 4.78 is 20.2. The number of carbonyl (C=O) groups excluding carboxylic acids is 3. The summed E-state index contributed by atoms with van der Waals surface area (Å²) in [5.41, 5.74) is 2.03. The molecule has 0 radical (unpaired) electrons. The number of fused-ring (bicyclic) bond motifs is 1. The number of halogens is 1. The van der Waals surface area contributed by atoms with Crippen LogP contribution in [-0.2, 0) is 33.8 Å². The van der Waals surface area contributed by atoms with Crippen LogP contribution in [0.15, 0.2) is 85.5 Å². The Morgan fingerprint density at radius 2 is 1.81 bits per heavy atom. The zero-order valence-corrected chi connectivity index (χ0v) is 24.1. The first-order chi connectivity index (χ1) is 20.8. The van der Waals surface area contributed by atoms with Gasteiger partial charge in [-0.25, -0.2) is 14.4 Å². The lowest BCUT2D eigenvalue weighted by atomic mass is 9.98. The van der Waals surface area contributed by atoms with Gasteiger partial charge in [-0.15, -0.1) is 6.58 Å². The van der Waals surface area contributed by atoms with Gasteiger partial charge in [0.15, 0.2) is 0 Å². The maximum absolute atomic E-state index is 15.0. The second-order valence-corrected chi connectivity index (χ2v) is 10.7. The van der Waals surface area contributed by atoms with Crippen LogP contribution >= 0.6 is 0 Å². The third-order valence-corrected chi connectivity index (χ3v) is 7.88. The van der Waals surface area contributed by atoms with Gasteiger partial charge in [0, 0.05) is 37.6 Å². The number of ether oxygens (including phenoxy) is 1. The second kappa shape index (κ2) is 13.1. The van der Waals surface area contributed by atoms with Gasteiger partial charge in [-0.05, 0) is 35.7 Å². The van der Waals surface area contributed by atoms with Crippen LogP contribution in [0.2, 0.25) is 0 Å². The van der Waals surface area contributed by atoms with Crippen molar-refractivity contribution in [3.63, 3.8) is 0 Å². The Hall–Kier alpha value is -4.70. The zero-order valence-electron chi connectivity index (χ0n) is 24.1. The van der Waals surface area contributed by atoms with Gasteiger partial charge in [-0.2, -0.15) is 0 Å². The standard InChI is InChI=1S/C33H35FN4O5/c1-3-17-36-22-32(41)37-29(18-24-9-13-26(39)14-10-24)33(42)35(20-25-12-15-27(43-2)19-28(25)34)21-30(37)38(36)31(40)16-11-23-7-5-4-6-8-23/h3-10,12-15,19,29-30,39H,1,11,16-18,20-22H2,2H3/t29-,30-/m0/s1. The number of hydrazine groups is 1. The summed E-state index contributed by atoms with van der Waals surface area (Å²) in [5.74, 6) is -0.906. The molecule has 5 rings (SSSR count). The first-order valence-electron chi connectivity index (χ1n) is 14.2. The molecule has 2 atom stereocenters. The van der Waals surface area contributed by atoms with Gasteiger partial charge in [0.25, 0.3) is 0 Å². The van der Waals surface area contributed by atoms with E-state index in [0.29, 0.717) is 12.2 Å². The topological polar surface area (TPSA) is 93.6 Å². The number of aromatic hydroxyl groups is 1. The van der Waals surface area contributed by atoms with Crippen LogP contribution in [0.25, 0.3) is 0 Å². The fraction of sp³-hybridized carbons (Fsp3) is 0.303. The molecule has 0 spiro atoms. The number of aryl methyl sites for hydroxylation is 1. The molecule has 2 heterocycles. The van der Waals surface area contributed by atoms with E-state index in [2.05, 4.69) is 6.58 Å². The number of phenols is 1. The molecule has 0 unspecified atom stereocenters. The predicted octanol–water partition coefficient (Wildman–Crippen LogP) is 3.53. The molecule has 2 aliphatic rings. The van der Waals surface area contributed by atoms with Crippen LogP contribution < -0.4 is 4.74 Å². The van der Waals surface area contributed by atoms with Gasteiger partial charge < -0.3 is 19.6 Å². The summed E-state index contributed by atoms with van der Waals surface area (Å²) in [6.45, 7) is 3.94. The van der Waals surface area contributed by atoms with Crippen molar-refractivity contribution in [3.05, 3.63) is 108 Å². The van der Waals surface area contributed by atoms with Crippen LogP contribution in [0.5, 0.6) is 11.5 Å². The van der Waals surface area contributed by atoms with Crippen molar-refractivity contribution in [3.8, 4) is 11.5 Å².